The molecule has 0 aromatic rings. The summed E-state index contributed by atoms with van der Waals surface area (Å²) in [5.74, 6) is 0. The fourth-order valence-corrected chi connectivity index (χ4v) is 0. The molecule has 0 atom stereocenters. The van der Waals surface area contributed by atoms with E-state index in [2.05, 4.69) is 0 Å². The monoisotopic (exact) mass is 264 g/mol. The van der Waals surface area contributed by atoms with Gasteiger partial charge in [0.15, 0.2) is 0 Å². The van der Waals surface area contributed by atoms with Gasteiger partial charge in [-0.05, 0) is 0 Å². The maximum atomic E-state index is 0. The van der Waals surface area contributed by atoms with E-state index in [9.17, 15) is 0 Å². The van der Waals surface area contributed by atoms with Crippen LogP contribution in [-0.4, -0.2) is 77.6 Å². The molecule has 0 fully saturated rings. The molecule has 0 saturated heterocycles. The smallest absolute Gasteiger partial charge is 0.870 e. The van der Waals surface area contributed by atoms with Crippen LogP contribution in [0, 0.1) is 0 Å². The molecular weight excluding hydrogens is 255 g/mol. The molecule has 0 aromatic heterocycles. The van der Waals surface area contributed by atoms with E-state index in [0.29, 0.717) is 0 Å². The van der Waals surface area contributed by atoms with Crippen LogP contribution < -0.4 is 0 Å². The second-order valence-electron chi connectivity index (χ2n) is 0. The van der Waals surface area contributed by atoms with Crippen molar-refractivity contribution in [3.63, 3.8) is 0 Å². The molecule has 0 rings (SSSR count). The Morgan fingerprint density at radius 2 is 0.333 bits per heavy atom. The summed E-state index contributed by atoms with van der Waals surface area (Å²) in [5, 5.41) is 0. The van der Waals surface area contributed by atoms with Gasteiger partial charge in [-0.25, -0.2) is 0 Å². The van der Waals surface area contributed by atoms with Gasteiger partial charge in [0, 0.05) is 0 Å². The van der Waals surface area contributed by atoms with Gasteiger partial charge in [-0.15, -0.1) is 0 Å². The van der Waals surface area contributed by atoms with Crippen LogP contribution >= 0.6 is 0 Å². The largest absolute Gasteiger partial charge is 4.00 e. The van der Waals surface area contributed by atoms with Gasteiger partial charge >= 0.3 is 45.4 Å². The van der Waals surface area contributed by atoms with Crippen LogP contribution in [0.4, 0.5) is 0 Å². The van der Waals surface area contributed by atoms with E-state index in [-0.39, 0.29) is 94.7 Å². The molecule has 12 heteroatoms. The van der Waals surface area contributed by atoms with E-state index in [1.807, 2.05) is 0 Å². The Balaban J connectivity index is 0. The zero-order valence-corrected chi connectivity index (χ0v) is 8.71. The van der Waals surface area contributed by atoms with E-state index in [0.717, 1.165) is 0 Å². The van der Waals surface area contributed by atoms with Gasteiger partial charge in [0.25, 0.3) is 0 Å². The molecular formula is H9AlFeO9Si. The summed E-state index contributed by atoms with van der Waals surface area (Å²) >= 11 is 0. The van der Waals surface area contributed by atoms with Crippen LogP contribution in [0.5, 0.6) is 0 Å². The topological polar surface area (TPSA) is 270 Å². The molecule has 12 heavy (non-hydrogen) atoms. The van der Waals surface area contributed by atoms with Crippen molar-refractivity contribution in [2.75, 3.05) is 0 Å². The number of hydrogen-bond acceptors (Lipinski definition) is 9. The first-order valence-electron chi connectivity index (χ1n) is 0. The van der Waals surface area contributed by atoms with E-state index in [1.54, 1.807) is 0 Å². The van der Waals surface area contributed by atoms with Gasteiger partial charge in [0.1, 0.15) is 0 Å². The van der Waals surface area contributed by atoms with Gasteiger partial charge in [-0.3, -0.25) is 0 Å². The van der Waals surface area contributed by atoms with Gasteiger partial charge < -0.3 is 49.3 Å². The Morgan fingerprint density at radius 1 is 0.333 bits per heavy atom. The Morgan fingerprint density at radius 3 is 0.333 bits per heavy atom. The quantitative estimate of drug-likeness (QED) is 0.422. The average molecular weight is 264 g/mol. The minimum absolute atomic E-state index is 0. The Bertz CT molecular complexity index is 14.5. The minimum Gasteiger partial charge on any atom is -0.870 e. The van der Waals surface area contributed by atoms with Crippen molar-refractivity contribution >= 4 is 28.3 Å². The molecule has 0 heterocycles. The van der Waals surface area contributed by atoms with Crippen LogP contribution in [0.2, 0.25) is 0 Å². The van der Waals surface area contributed by atoms with Crippen LogP contribution in [0.25, 0.3) is 0 Å². The third-order valence-electron chi connectivity index (χ3n) is 0. The van der Waals surface area contributed by atoms with E-state index >= 15 is 0 Å². The summed E-state index contributed by atoms with van der Waals surface area (Å²) in [4.78, 5) is 0. The van der Waals surface area contributed by atoms with Gasteiger partial charge in [0.2, 0.25) is 0 Å². The van der Waals surface area contributed by atoms with E-state index < -0.39 is 0 Å². The second-order valence-corrected chi connectivity index (χ2v) is 0. The molecule has 0 radical (unpaired) electrons. The standard InChI is InChI=1S/Al.Fe.9H2O.Si/h;;9*1H2;/q+3;+2;;;;;;;;;;+4/p-9. The summed E-state index contributed by atoms with van der Waals surface area (Å²) in [6.45, 7) is 0. The first-order chi connectivity index (χ1) is 0. The Labute approximate surface area is 94.9 Å². The molecule has 78 valence electrons. The molecule has 9 N–H and O–H groups in total. The molecule has 9 nitrogen and oxygen atoms in total. The van der Waals surface area contributed by atoms with Gasteiger partial charge in [0.05, 0.1) is 0 Å². The summed E-state index contributed by atoms with van der Waals surface area (Å²) < 4.78 is 0. The van der Waals surface area contributed by atoms with Crippen molar-refractivity contribution in [3.8, 4) is 0 Å². The Kier molecular flexibility index (Phi) is 317000. The Hall–Kier alpha value is 0.909. The third kappa shape index (κ3) is 1300. The predicted octanol–water partition coefficient (Wildman–Crippen LogP) is -2.36. The summed E-state index contributed by atoms with van der Waals surface area (Å²) in [6.07, 6.45) is 0. The molecule has 0 spiro atoms. The number of hydrogen-bond donors (Lipinski definition) is 0. The van der Waals surface area contributed by atoms with Crippen molar-refractivity contribution in [1.82, 2.24) is 0 Å². The molecule has 0 aliphatic heterocycles. The third-order valence-corrected chi connectivity index (χ3v) is 0. The van der Waals surface area contributed by atoms with Crippen LogP contribution in [0.3, 0.4) is 0 Å². The molecule has 0 aliphatic rings. The van der Waals surface area contributed by atoms with E-state index in [1.165, 1.54) is 0 Å². The molecule has 0 saturated carbocycles. The molecule has 0 amide bonds. The number of rotatable bonds is 0. The zero-order chi connectivity index (χ0) is 0. The fourth-order valence-electron chi connectivity index (χ4n) is 0. The van der Waals surface area contributed by atoms with Crippen molar-refractivity contribution in [2.45, 2.75) is 0 Å². The van der Waals surface area contributed by atoms with Crippen LogP contribution in [-0.2, 0) is 17.1 Å². The maximum absolute atomic E-state index is 0. The minimum atomic E-state index is 0. The van der Waals surface area contributed by atoms with Gasteiger partial charge in [-0.2, -0.15) is 0 Å². The van der Waals surface area contributed by atoms with E-state index in [4.69, 9.17) is 0 Å². The van der Waals surface area contributed by atoms with Crippen molar-refractivity contribution in [2.24, 2.45) is 0 Å². The van der Waals surface area contributed by atoms with Crippen LogP contribution in [0.1, 0.15) is 0 Å². The first-order valence-corrected chi connectivity index (χ1v) is 0. The predicted molar refractivity (Wildman–Crippen MR) is 28.9 cm³/mol. The molecule has 0 aromatic carbocycles. The normalized spacial score (nSPS) is 0. The molecule has 0 aliphatic carbocycles. The summed E-state index contributed by atoms with van der Waals surface area (Å²) in [6, 6.07) is 0. The van der Waals surface area contributed by atoms with Crippen LogP contribution in [0.15, 0.2) is 0 Å². The zero-order valence-electron chi connectivity index (χ0n) is 5.46. The van der Waals surface area contributed by atoms with Crippen molar-refractivity contribution in [3.05, 3.63) is 0 Å². The molecule has 0 bridgehead atoms. The summed E-state index contributed by atoms with van der Waals surface area (Å²) in [5.41, 5.74) is 0. The average Bonchev–Trinajstić information content (AvgIpc) is 0. The second kappa shape index (κ2) is 1720. The maximum Gasteiger partial charge on any atom is 4.00 e. The fraction of sp³-hybridized carbons (Fsp3) is 0. The molecule has 0 unspecified atom stereocenters. The van der Waals surface area contributed by atoms with Crippen molar-refractivity contribution in [1.29, 1.82) is 0 Å². The van der Waals surface area contributed by atoms with Crippen molar-refractivity contribution < 1.29 is 66.4 Å². The van der Waals surface area contributed by atoms with Gasteiger partial charge in [-0.1, -0.05) is 0 Å². The SMILES string of the molecule is [Al+3].[Fe+2].[OH-].[OH-].[OH-].[OH-].[OH-].[OH-].[OH-].[OH-].[OH-].[Si+4]. The first kappa shape index (κ1) is 2220. The summed E-state index contributed by atoms with van der Waals surface area (Å²) in [7, 11) is 0.